The third-order valence-electron chi connectivity index (χ3n) is 3.60. The van der Waals surface area contributed by atoms with E-state index in [0.29, 0.717) is 11.3 Å². The van der Waals surface area contributed by atoms with E-state index in [2.05, 4.69) is 10.4 Å². The third-order valence-corrected chi connectivity index (χ3v) is 3.60. The molecule has 1 aromatic heterocycles. The molecule has 120 valence electrons. The number of carbonyl (C=O) groups is 1. The highest BCUT2D eigenvalue weighted by Gasteiger charge is 2.19. The normalized spacial score (nSPS) is 10.4. The molecule has 1 amide bonds. The Bertz CT molecular complexity index is 903. The van der Waals surface area contributed by atoms with Crippen molar-refractivity contribution >= 4 is 17.3 Å². The molecule has 0 unspecified atom stereocenters. The molecule has 0 atom stereocenters. The smallest absolute Gasteiger partial charge is 0.292 e. The highest BCUT2D eigenvalue weighted by atomic mass is 16.6. The number of nitro benzene ring substituents is 1. The number of nitrogens with one attached hydrogen (secondary N) is 1. The van der Waals surface area contributed by atoms with E-state index < -0.39 is 10.8 Å². The second kappa shape index (κ2) is 6.33. The number of hydrogen-bond acceptors (Lipinski definition) is 4. The topological polar surface area (TPSA) is 90.1 Å². The molecule has 3 aromatic rings. The Morgan fingerprint density at radius 3 is 2.50 bits per heavy atom. The zero-order valence-electron chi connectivity index (χ0n) is 12.8. The van der Waals surface area contributed by atoms with Gasteiger partial charge in [-0.05, 0) is 25.1 Å². The minimum Gasteiger partial charge on any atom is -0.316 e. The van der Waals surface area contributed by atoms with Gasteiger partial charge in [-0.25, -0.2) is 4.68 Å². The van der Waals surface area contributed by atoms with E-state index in [4.69, 9.17) is 0 Å². The van der Waals surface area contributed by atoms with Gasteiger partial charge in [-0.1, -0.05) is 30.3 Å². The molecule has 0 spiro atoms. The minimum atomic E-state index is -0.532. The fourth-order valence-electron chi connectivity index (χ4n) is 2.39. The Hall–Kier alpha value is -3.48. The van der Waals surface area contributed by atoms with Gasteiger partial charge in [0.1, 0.15) is 5.69 Å². The molecular weight excluding hydrogens is 308 g/mol. The fraction of sp³-hybridized carbons (Fsp3) is 0.0588. The van der Waals surface area contributed by atoms with Gasteiger partial charge in [-0.2, -0.15) is 5.10 Å². The van der Waals surface area contributed by atoms with Crippen molar-refractivity contribution in [1.82, 2.24) is 9.78 Å². The van der Waals surface area contributed by atoms with E-state index in [1.807, 2.05) is 30.3 Å². The fourth-order valence-corrected chi connectivity index (χ4v) is 2.39. The van der Waals surface area contributed by atoms with E-state index in [1.165, 1.54) is 18.3 Å². The molecule has 2 aromatic carbocycles. The maximum absolute atomic E-state index is 12.5. The summed E-state index contributed by atoms with van der Waals surface area (Å²) < 4.78 is 1.65. The summed E-state index contributed by atoms with van der Waals surface area (Å²) in [7, 11) is 0. The minimum absolute atomic E-state index is 0.152. The molecule has 24 heavy (non-hydrogen) atoms. The zero-order chi connectivity index (χ0) is 17.1. The molecule has 0 aliphatic rings. The lowest BCUT2D eigenvalue weighted by atomic mass is 10.2. The molecule has 7 nitrogen and oxygen atoms in total. The van der Waals surface area contributed by atoms with Gasteiger partial charge in [0.2, 0.25) is 0 Å². The van der Waals surface area contributed by atoms with E-state index in [0.717, 1.165) is 5.69 Å². The highest BCUT2D eigenvalue weighted by molar-refractivity contribution is 6.06. The molecule has 0 aliphatic carbocycles. The maximum Gasteiger partial charge on any atom is 0.292 e. The standard InChI is InChI=1S/C17H14N4O3/c1-12-14(11-18-20(12)13-7-3-2-4-8-13)17(22)19-15-9-5-6-10-16(15)21(23)24/h2-11H,1H3,(H,19,22). The van der Waals surface area contributed by atoms with Crippen LogP contribution in [0.4, 0.5) is 11.4 Å². The maximum atomic E-state index is 12.5. The molecule has 0 fully saturated rings. The van der Waals surface area contributed by atoms with Gasteiger partial charge in [-0.15, -0.1) is 0 Å². The molecule has 1 N–H and O–H groups in total. The van der Waals surface area contributed by atoms with Gasteiger partial charge in [0.25, 0.3) is 11.6 Å². The Kier molecular flexibility index (Phi) is 4.07. The van der Waals surface area contributed by atoms with Crippen LogP contribution in [-0.2, 0) is 0 Å². The number of rotatable bonds is 4. The Balaban J connectivity index is 1.90. The molecule has 0 saturated carbocycles. The summed E-state index contributed by atoms with van der Waals surface area (Å²) in [6.45, 7) is 1.77. The van der Waals surface area contributed by atoms with Crippen LogP contribution in [0.25, 0.3) is 5.69 Å². The number of nitrogens with zero attached hydrogens (tertiary/aromatic N) is 3. The van der Waals surface area contributed by atoms with Gasteiger partial charge >= 0.3 is 0 Å². The first-order valence-electron chi connectivity index (χ1n) is 7.23. The average molecular weight is 322 g/mol. The van der Waals surface area contributed by atoms with Crippen LogP contribution in [0.3, 0.4) is 0 Å². The molecule has 3 rings (SSSR count). The zero-order valence-corrected chi connectivity index (χ0v) is 12.8. The van der Waals surface area contributed by atoms with Gasteiger partial charge in [0, 0.05) is 6.07 Å². The first-order valence-corrected chi connectivity index (χ1v) is 7.23. The molecule has 1 heterocycles. The molecule has 7 heteroatoms. The Morgan fingerprint density at radius 1 is 1.12 bits per heavy atom. The number of hydrogen-bond donors (Lipinski definition) is 1. The summed E-state index contributed by atoms with van der Waals surface area (Å²) in [5, 5.41) is 17.8. The van der Waals surface area contributed by atoms with Crippen LogP contribution in [0, 0.1) is 17.0 Å². The van der Waals surface area contributed by atoms with Crippen LogP contribution in [0.5, 0.6) is 0 Å². The molecule has 0 saturated heterocycles. The second-order valence-electron chi connectivity index (χ2n) is 5.12. The van der Waals surface area contributed by atoms with Crippen LogP contribution in [-0.4, -0.2) is 20.6 Å². The second-order valence-corrected chi connectivity index (χ2v) is 5.12. The summed E-state index contributed by atoms with van der Waals surface area (Å²) in [4.78, 5) is 23.0. The molecular formula is C17H14N4O3. The van der Waals surface area contributed by atoms with Crippen LogP contribution in [0.1, 0.15) is 16.1 Å². The first-order chi connectivity index (χ1) is 11.6. The number of anilines is 1. The highest BCUT2D eigenvalue weighted by Crippen LogP contribution is 2.24. The van der Waals surface area contributed by atoms with Crippen molar-refractivity contribution < 1.29 is 9.72 Å². The molecule has 0 radical (unpaired) electrons. The lowest BCUT2D eigenvalue weighted by Crippen LogP contribution is -2.14. The number of para-hydroxylation sites is 3. The average Bonchev–Trinajstić information content (AvgIpc) is 2.97. The summed E-state index contributed by atoms with van der Waals surface area (Å²) in [6.07, 6.45) is 1.45. The van der Waals surface area contributed by atoms with Crippen molar-refractivity contribution in [3.8, 4) is 5.69 Å². The van der Waals surface area contributed by atoms with Crippen LogP contribution < -0.4 is 5.32 Å². The van der Waals surface area contributed by atoms with Crippen molar-refractivity contribution in [3.05, 3.63) is 82.2 Å². The molecule has 0 aliphatic heterocycles. The monoisotopic (exact) mass is 322 g/mol. The number of benzene rings is 2. The SMILES string of the molecule is Cc1c(C(=O)Nc2ccccc2[N+](=O)[O-])cnn1-c1ccccc1. The van der Waals surface area contributed by atoms with Gasteiger partial charge < -0.3 is 5.32 Å². The molecule has 0 bridgehead atoms. The van der Waals surface area contributed by atoms with Crippen molar-refractivity contribution in [2.75, 3.05) is 5.32 Å². The van der Waals surface area contributed by atoms with Crippen LogP contribution >= 0.6 is 0 Å². The van der Waals surface area contributed by atoms with E-state index in [1.54, 1.807) is 23.7 Å². The largest absolute Gasteiger partial charge is 0.316 e. The quantitative estimate of drug-likeness (QED) is 0.589. The summed E-state index contributed by atoms with van der Waals surface area (Å²) in [6, 6.07) is 15.4. The predicted octanol–water partition coefficient (Wildman–Crippen LogP) is 3.34. The van der Waals surface area contributed by atoms with Gasteiger partial charge in [-0.3, -0.25) is 14.9 Å². The number of amides is 1. The number of carbonyl (C=O) groups excluding carboxylic acids is 1. The summed E-state index contributed by atoms with van der Waals surface area (Å²) in [5.74, 6) is -0.441. The Morgan fingerprint density at radius 2 is 1.79 bits per heavy atom. The van der Waals surface area contributed by atoms with Crippen molar-refractivity contribution in [3.63, 3.8) is 0 Å². The van der Waals surface area contributed by atoms with Crippen LogP contribution in [0.2, 0.25) is 0 Å². The lowest BCUT2D eigenvalue weighted by molar-refractivity contribution is -0.383. The number of aromatic nitrogens is 2. The Labute approximate surface area is 137 Å². The van der Waals surface area contributed by atoms with Crippen molar-refractivity contribution in [2.24, 2.45) is 0 Å². The van der Waals surface area contributed by atoms with E-state index >= 15 is 0 Å². The number of nitro groups is 1. The van der Waals surface area contributed by atoms with Crippen molar-refractivity contribution in [2.45, 2.75) is 6.92 Å². The van der Waals surface area contributed by atoms with Crippen molar-refractivity contribution in [1.29, 1.82) is 0 Å². The van der Waals surface area contributed by atoms with E-state index in [-0.39, 0.29) is 11.4 Å². The van der Waals surface area contributed by atoms with Gasteiger partial charge in [0.05, 0.1) is 28.1 Å². The summed E-state index contributed by atoms with van der Waals surface area (Å²) in [5.41, 5.74) is 1.84. The third kappa shape index (κ3) is 2.87. The van der Waals surface area contributed by atoms with Gasteiger partial charge in [0.15, 0.2) is 0 Å². The first kappa shape index (κ1) is 15.4. The van der Waals surface area contributed by atoms with Crippen LogP contribution in [0.15, 0.2) is 60.8 Å². The lowest BCUT2D eigenvalue weighted by Gasteiger charge is -2.07. The predicted molar refractivity (Wildman–Crippen MR) is 89.4 cm³/mol. The van der Waals surface area contributed by atoms with E-state index in [9.17, 15) is 14.9 Å². The summed E-state index contributed by atoms with van der Waals surface area (Å²) >= 11 is 0.